The maximum Gasteiger partial charge on any atom is 0.226 e. The molecule has 0 aliphatic heterocycles. The van der Waals surface area contributed by atoms with Gasteiger partial charge >= 0.3 is 0 Å². The van der Waals surface area contributed by atoms with Crippen LogP contribution in [0.2, 0.25) is 0 Å². The molecule has 0 aliphatic rings. The molecule has 56 valence electrons. The van der Waals surface area contributed by atoms with Crippen molar-refractivity contribution in [2.75, 3.05) is 0 Å². The Balaban J connectivity index is 2.40. The van der Waals surface area contributed by atoms with E-state index in [0.717, 1.165) is 18.7 Å². The summed E-state index contributed by atoms with van der Waals surface area (Å²) in [7, 11) is 0. The van der Waals surface area contributed by atoms with E-state index >= 15 is 0 Å². The van der Waals surface area contributed by atoms with Crippen LogP contribution in [0.3, 0.4) is 0 Å². The van der Waals surface area contributed by atoms with Crippen LogP contribution in [0.25, 0.3) is 0 Å². The highest BCUT2D eigenvalue weighted by atomic mass is 16.5. The van der Waals surface area contributed by atoms with Crippen LogP contribution in [-0.4, -0.2) is 10.1 Å². The fourth-order valence-electron chi connectivity index (χ4n) is 0.728. The molecule has 3 heteroatoms. The number of aromatic nitrogens is 2. The SMILES string of the molecule is CCC(C)Cc1ncno1. The van der Waals surface area contributed by atoms with E-state index in [0.29, 0.717) is 5.92 Å². The highest BCUT2D eigenvalue weighted by Crippen LogP contribution is 2.07. The third-order valence-electron chi connectivity index (χ3n) is 1.63. The molecule has 0 saturated heterocycles. The number of hydrogen-bond donors (Lipinski definition) is 0. The fraction of sp³-hybridized carbons (Fsp3) is 0.714. The van der Waals surface area contributed by atoms with Crippen molar-refractivity contribution in [3.05, 3.63) is 12.2 Å². The van der Waals surface area contributed by atoms with Gasteiger partial charge in [0.15, 0.2) is 6.33 Å². The van der Waals surface area contributed by atoms with Gasteiger partial charge in [-0.15, -0.1) is 0 Å². The number of rotatable bonds is 3. The first-order valence-electron chi connectivity index (χ1n) is 3.58. The Morgan fingerprint density at radius 2 is 2.50 bits per heavy atom. The minimum absolute atomic E-state index is 0.639. The molecule has 0 aromatic carbocycles. The Labute approximate surface area is 60.4 Å². The van der Waals surface area contributed by atoms with Gasteiger partial charge in [0.1, 0.15) is 0 Å². The van der Waals surface area contributed by atoms with Gasteiger partial charge in [-0.3, -0.25) is 0 Å². The average Bonchev–Trinajstić information content (AvgIpc) is 2.40. The Morgan fingerprint density at radius 1 is 1.70 bits per heavy atom. The summed E-state index contributed by atoms with van der Waals surface area (Å²) in [4.78, 5) is 3.93. The Morgan fingerprint density at radius 3 is 3.00 bits per heavy atom. The van der Waals surface area contributed by atoms with Crippen molar-refractivity contribution in [1.82, 2.24) is 10.1 Å². The third kappa shape index (κ3) is 1.83. The van der Waals surface area contributed by atoms with Gasteiger partial charge in [0.2, 0.25) is 5.89 Å². The second-order valence-electron chi connectivity index (χ2n) is 2.55. The van der Waals surface area contributed by atoms with Gasteiger partial charge in [-0.2, -0.15) is 4.98 Å². The van der Waals surface area contributed by atoms with E-state index in [1.165, 1.54) is 6.33 Å². The standard InChI is InChI=1S/C7H12N2O/c1-3-6(2)4-7-8-5-9-10-7/h5-6H,3-4H2,1-2H3. The average molecular weight is 140 g/mol. The lowest BCUT2D eigenvalue weighted by Crippen LogP contribution is -1.97. The minimum atomic E-state index is 0.639. The summed E-state index contributed by atoms with van der Waals surface area (Å²) in [6.45, 7) is 4.32. The lowest BCUT2D eigenvalue weighted by Gasteiger charge is -2.01. The van der Waals surface area contributed by atoms with Gasteiger partial charge in [-0.1, -0.05) is 25.4 Å². The molecule has 0 radical (unpaired) electrons. The molecule has 1 rings (SSSR count). The molecule has 1 aromatic heterocycles. The zero-order valence-corrected chi connectivity index (χ0v) is 6.37. The molecule has 0 amide bonds. The van der Waals surface area contributed by atoms with Crippen molar-refractivity contribution in [1.29, 1.82) is 0 Å². The molecule has 1 unspecified atom stereocenters. The Bertz CT molecular complexity index is 172. The first kappa shape index (κ1) is 7.25. The van der Waals surface area contributed by atoms with Crippen LogP contribution in [0.1, 0.15) is 26.2 Å². The van der Waals surface area contributed by atoms with Crippen LogP contribution in [0, 0.1) is 5.92 Å². The van der Waals surface area contributed by atoms with E-state index in [1.807, 2.05) is 0 Å². The maximum atomic E-state index is 4.84. The van der Waals surface area contributed by atoms with Crippen LogP contribution in [-0.2, 0) is 6.42 Å². The highest BCUT2D eigenvalue weighted by Gasteiger charge is 2.04. The van der Waals surface area contributed by atoms with E-state index in [4.69, 9.17) is 4.52 Å². The van der Waals surface area contributed by atoms with Crippen LogP contribution in [0.15, 0.2) is 10.9 Å². The maximum absolute atomic E-state index is 4.84. The predicted molar refractivity (Wildman–Crippen MR) is 37.5 cm³/mol. The first-order valence-corrected chi connectivity index (χ1v) is 3.58. The van der Waals surface area contributed by atoms with Crippen LogP contribution >= 0.6 is 0 Å². The molecule has 0 spiro atoms. The van der Waals surface area contributed by atoms with E-state index in [9.17, 15) is 0 Å². The molecule has 10 heavy (non-hydrogen) atoms. The summed E-state index contributed by atoms with van der Waals surface area (Å²) in [5, 5.41) is 3.52. The summed E-state index contributed by atoms with van der Waals surface area (Å²) >= 11 is 0. The second-order valence-corrected chi connectivity index (χ2v) is 2.55. The molecule has 0 N–H and O–H groups in total. The smallest absolute Gasteiger partial charge is 0.226 e. The van der Waals surface area contributed by atoms with Crippen molar-refractivity contribution in [2.24, 2.45) is 5.92 Å². The molecule has 0 fully saturated rings. The van der Waals surface area contributed by atoms with E-state index in [2.05, 4.69) is 24.0 Å². The summed E-state index contributed by atoms with van der Waals surface area (Å²) in [5.74, 6) is 1.38. The molecule has 1 heterocycles. The lowest BCUT2D eigenvalue weighted by atomic mass is 10.1. The zero-order chi connectivity index (χ0) is 7.40. The molecule has 0 saturated carbocycles. The Kier molecular flexibility index (Phi) is 2.42. The molecular weight excluding hydrogens is 128 g/mol. The summed E-state index contributed by atoms with van der Waals surface area (Å²) < 4.78 is 4.84. The van der Waals surface area contributed by atoms with Crippen LogP contribution in [0.4, 0.5) is 0 Å². The molecule has 0 bridgehead atoms. The summed E-state index contributed by atoms with van der Waals surface area (Å²) in [6.07, 6.45) is 3.50. The van der Waals surface area contributed by atoms with Crippen molar-refractivity contribution < 1.29 is 4.52 Å². The van der Waals surface area contributed by atoms with E-state index in [-0.39, 0.29) is 0 Å². The fourth-order valence-corrected chi connectivity index (χ4v) is 0.728. The molecule has 0 aliphatic carbocycles. The zero-order valence-electron chi connectivity index (χ0n) is 6.37. The van der Waals surface area contributed by atoms with Crippen LogP contribution in [0.5, 0.6) is 0 Å². The van der Waals surface area contributed by atoms with Gasteiger partial charge in [0.25, 0.3) is 0 Å². The molecular formula is C7H12N2O. The topological polar surface area (TPSA) is 38.9 Å². The van der Waals surface area contributed by atoms with Gasteiger partial charge in [0, 0.05) is 6.42 Å². The van der Waals surface area contributed by atoms with Gasteiger partial charge in [-0.05, 0) is 5.92 Å². The number of hydrogen-bond acceptors (Lipinski definition) is 3. The molecule has 1 atom stereocenters. The third-order valence-corrected chi connectivity index (χ3v) is 1.63. The van der Waals surface area contributed by atoms with Crippen molar-refractivity contribution in [2.45, 2.75) is 26.7 Å². The Hall–Kier alpha value is -0.860. The van der Waals surface area contributed by atoms with Crippen LogP contribution < -0.4 is 0 Å². The van der Waals surface area contributed by atoms with Gasteiger partial charge in [0.05, 0.1) is 0 Å². The van der Waals surface area contributed by atoms with Gasteiger partial charge < -0.3 is 4.52 Å². The highest BCUT2D eigenvalue weighted by molar-refractivity contribution is 4.76. The van der Waals surface area contributed by atoms with E-state index < -0.39 is 0 Å². The monoisotopic (exact) mass is 140 g/mol. The van der Waals surface area contributed by atoms with Crippen molar-refractivity contribution >= 4 is 0 Å². The second kappa shape index (κ2) is 3.34. The largest absolute Gasteiger partial charge is 0.340 e. The van der Waals surface area contributed by atoms with Crippen molar-refractivity contribution in [3.8, 4) is 0 Å². The first-order chi connectivity index (χ1) is 4.83. The summed E-state index contributed by atoms with van der Waals surface area (Å²) in [5.41, 5.74) is 0. The summed E-state index contributed by atoms with van der Waals surface area (Å²) in [6, 6.07) is 0. The quantitative estimate of drug-likeness (QED) is 0.640. The minimum Gasteiger partial charge on any atom is -0.340 e. The van der Waals surface area contributed by atoms with Gasteiger partial charge in [-0.25, -0.2) is 0 Å². The number of nitrogens with zero attached hydrogens (tertiary/aromatic N) is 2. The predicted octanol–water partition coefficient (Wildman–Crippen LogP) is 1.66. The molecule has 3 nitrogen and oxygen atoms in total. The lowest BCUT2D eigenvalue weighted by molar-refractivity contribution is 0.355. The molecule has 1 aromatic rings. The van der Waals surface area contributed by atoms with E-state index in [1.54, 1.807) is 0 Å². The normalized spacial score (nSPS) is 13.4. The van der Waals surface area contributed by atoms with Crippen molar-refractivity contribution in [3.63, 3.8) is 0 Å².